The van der Waals surface area contributed by atoms with E-state index in [2.05, 4.69) is 26.9 Å². The second kappa shape index (κ2) is 21.2. The summed E-state index contributed by atoms with van der Waals surface area (Å²) in [5, 5.41) is 2.87. The molecular weight excluding hydrogens is 544 g/mol. The van der Waals surface area contributed by atoms with Gasteiger partial charge in [-0.05, 0) is 50.6 Å². The molecule has 1 aromatic carbocycles. The van der Waals surface area contributed by atoms with Gasteiger partial charge in [-0.25, -0.2) is 23.1 Å². The van der Waals surface area contributed by atoms with Crippen LogP contribution in [0.5, 0.6) is 0 Å². The molecule has 2 aromatic rings. The Kier molecular flexibility index (Phi) is 18.1. The largest absolute Gasteiger partial charge is 0.326 e. The fourth-order valence-electron chi connectivity index (χ4n) is 5.26. The first-order valence-corrected chi connectivity index (χ1v) is 18.0. The van der Waals surface area contributed by atoms with E-state index in [0.29, 0.717) is 23.5 Å². The van der Waals surface area contributed by atoms with Gasteiger partial charge in [0, 0.05) is 23.5 Å². The minimum atomic E-state index is -3.82. The lowest BCUT2D eigenvalue weighted by Gasteiger charge is -2.09. The number of benzene rings is 1. The number of anilines is 2. The SMILES string of the molecule is CCCCCCCCCCCCCCCCCCCCCC(=O)Nc1ccc(S(=O)(=O)Nc2nc(C)cc(C)n2)cc1. The summed E-state index contributed by atoms with van der Waals surface area (Å²) in [6.07, 6.45) is 25.7. The molecule has 7 nitrogen and oxygen atoms in total. The van der Waals surface area contributed by atoms with Crippen molar-refractivity contribution in [3.8, 4) is 0 Å². The minimum Gasteiger partial charge on any atom is -0.326 e. The van der Waals surface area contributed by atoms with Crippen molar-refractivity contribution in [1.82, 2.24) is 9.97 Å². The number of nitrogens with one attached hydrogen (secondary N) is 2. The fourth-order valence-corrected chi connectivity index (χ4v) is 6.20. The smallest absolute Gasteiger partial charge is 0.264 e. The summed E-state index contributed by atoms with van der Waals surface area (Å²) in [5.41, 5.74) is 1.95. The van der Waals surface area contributed by atoms with Crippen molar-refractivity contribution >= 4 is 27.6 Å². The number of nitrogens with zero attached hydrogens (tertiary/aromatic N) is 2. The van der Waals surface area contributed by atoms with E-state index in [9.17, 15) is 13.2 Å². The standard InChI is InChI=1S/C34H56N4O3S/c1-4-5-6-7-8-9-10-11-12-13-14-15-16-17-18-19-20-21-22-23-33(39)37-31-24-26-32(27-25-31)42(40,41)38-34-35-29(2)28-30(3)36-34/h24-28H,4-23H2,1-3H3,(H,37,39)(H,35,36,38). The molecule has 1 amide bonds. The first-order chi connectivity index (χ1) is 20.3. The normalized spacial score (nSPS) is 11.5. The van der Waals surface area contributed by atoms with Gasteiger partial charge in [0.1, 0.15) is 0 Å². The molecule has 1 aromatic heterocycles. The summed E-state index contributed by atoms with van der Waals surface area (Å²) in [6, 6.07) is 7.92. The Hall–Kier alpha value is -2.48. The summed E-state index contributed by atoms with van der Waals surface area (Å²) < 4.78 is 27.8. The van der Waals surface area contributed by atoms with Gasteiger partial charge in [-0.15, -0.1) is 0 Å². The molecular formula is C34H56N4O3S. The lowest BCUT2D eigenvalue weighted by molar-refractivity contribution is -0.116. The number of aromatic nitrogens is 2. The molecule has 0 aliphatic heterocycles. The molecule has 0 bridgehead atoms. The van der Waals surface area contributed by atoms with Crippen molar-refractivity contribution in [3.63, 3.8) is 0 Å². The van der Waals surface area contributed by atoms with Gasteiger partial charge >= 0.3 is 0 Å². The quantitative estimate of drug-likeness (QED) is 0.117. The Bertz CT molecular complexity index is 1100. The van der Waals surface area contributed by atoms with E-state index in [1.807, 2.05) is 0 Å². The Morgan fingerprint density at radius 3 is 1.48 bits per heavy atom. The molecule has 0 atom stereocenters. The number of aryl methyl sites for hydroxylation is 2. The molecule has 0 saturated heterocycles. The van der Waals surface area contributed by atoms with Gasteiger partial charge in [0.15, 0.2) is 0 Å². The third-order valence-corrected chi connectivity index (χ3v) is 9.01. The number of hydrogen-bond donors (Lipinski definition) is 2. The van der Waals surface area contributed by atoms with Crippen LogP contribution in [0.15, 0.2) is 35.2 Å². The lowest BCUT2D eigenvalue weighted by atomic mass is 10.0. The fraction of sp³-hybridized carbons (Fsp3) is 0.676. The van der Waals surface area contributed by atoms with Crippen LogP contribution >= 0.6 is 0 Å². The maximum Gasteiger partial charge on any atom is 0.264 e. The van der Waals surface area contributed by atoms with Gasteiger partial charge in [-0.2, -0.15) is 0 Å². The second-order valence-electron chi connectivity index (χ2n) is 11.8. The van der Waals surface area contributed by atoms with E-state index >= 15 is 0 Å². The average molecular weight is 601 g/mol. The Balaban J connectivity index is 1.45. The highest BCUT2D eigenvalue weighted by Crippen LogP contribution is 2.18. The summed E-state index contributed by atoms with van der Waals surface area (Å²) in [6.45, 7) is 5.84. The summed E-state index contributed by atoms with van der Waals surface area (Å²) in [5.74, 6) is 0.00353. The topological polar surface area (TPSA) is 101 Å². The van der Waals surface area contributed by atoms with E-state index in [4.69, 9.17) is 0 Å². The second-order valence-corrected chi connectivity index (χ2v) is 13.4. The van der Waals surface area contributed by atoms with E-state index in [1.54, 1.807) is 32.0 Å². The average Bonchev–Trinajstić information content (AvgIpc) is 2.94. The zero-order chi connectivity index (χ0) is 30.5. The van der Waals surface area contributed by atoms with Crippen molar-refractivity contribution < 1.29 is 13.2 Å². The predicted molar refractivity (Wildman–Crippen MR) is 175 cm³/mol. The van der Waals surface area contributed by atoms with Crippen LogP contribution in [0.1, 0.15) is 147 Å². The number of rotatable bonds is 24. The van der Waals surface area contributed by atoms with Crippen LogP contribution < -0.4 is 10.0 Å². The number of unbranched alkanes of at least 4 members (excludes halogenated alkanes) is 18. The zero-order valence-corrected chi connectivity index (χ0v) is 27.4. The highest BCUT2D eigenvalue weighted by Gasteiger charge is 2.16. The third-order valence-electron chi connectivity index (χ3n) is 7.66. The van der Waals surface area contributed by atoms with E-state index in [-0.39, 0.29) is 16.8 Å². The highest BCUT2D eigenvalue weighted by atomic mass is 32.2. The maximum atomic E-state index is 12.7. The molecule has 0 aliphatic carbocycles. The highest BCUT2D eigenvalue weighted by molar-refractivity contribution is 7.92. The Morgan fingerprint density at radius 1 is 0.643 bits per heavy atom. The van der Waals surface area contributed by atoms with Gasteiger partial charge in [-0.1, -0.05) is 122 Å². The number of hydrogen-bond acceptors (Lipinski definition) is 5. The molecule has 2 rings (SSSR count). The molecule has 42 heavy (non-hydrogen) atoms. The van der Waals surface area contributed by atoms with Crippen LogP contribution in [0.4, 0.5) is 11.6 Å². The van der Waals surface area contributed by atoms with Crippen LogP contribution in [0.25, 0.3) is 0 Å². The molecule has 1 heterocycles. The van der Waals surface area contributed by atoms with Gasteiger partial charge in [-0.3, -0.25) is 4.79 Å². The summed E-state index contributed by atoms with van der Waals surface area (Å²) in [7, 11) is -3.82. The molecule has 236 valence electrons. The van der Waals surface area contributed by atoms with Crippen molar-refractivity contribution in [1.29, 1.82) is 0 Å². The molecule has 0 spiro atoms. The van der Waals surface area contributed by atoms with Crippen LogP contribution in [-0.2, 0) is 14.8 Å². The number of sulfonamides is 1. The number of carbonyl (C=O) groups excluding carboxylic acids is 1. The summed E-state index contributed by atoms with van der Waals surface area (Å²) >= 11 is 0. The number of amides is 1. The Labute approximate surface area is 256 Å². The molecule has 0 fully saturated rings. The lowest BCUT2D eigenvalue weighted by Crippen LogP contribution is -2.16. The third kappa shape index (κ3) is 16.2. The van der Waals surface area contributed by atoms with Crippen molar-refractivity contribution in [2.45, 2.75) is 154 Å². The number of carbonyl (C=O) groups is 1. The van der Waals surface area contributed by atoms with Crippen molar-refractivity contribution in [2.75, 3.05) is 10.0 Å². The molecule has 0 radical (unpaired) electrons. The van der Waals surface area contributed by atoms with Crippen LogP contribution in [0, 0.1) is 13.8 Å². The molecule has 0 aliphatic rings. The predicted octanol–water partition coefficient (Wildman–Crippen LogP) is 9.65. The van der Waals surface area contributed by atoms with Gasteiger partial charge < -0.3 is 5.32 Å². The van der Waals surface area contributed by atoms with Gasteiger partial charge in [0.2, 0.25) is 11.9 Å². The van der Waals surface area contributed by atoms with Crippen LogP contribution in [-0.4, -0.2) is 24.3 Å². The van der Waals surface area contributed by atoms with Crippen molar-refractivity contribution in [2.24, 2.45) is 0 Å². The molecule has 0 unspecified atom stereocenters. The molecule has 0 saturated carbocycles. The van der Waals surface area contributed by atoms with Crippen molar-refractivity contribution in [3.05, 3.63) is 41.7 Å². The maximum absolute atomic E-state index is 12.7. The van der Waals surface area contributed by atoms with Crippen LogP contribution in [0.2, 0.25) is 0 Å². The van der Waals surface area contributed by atoms with E-state index in [0.717, 1.165) is 12.8 Å². The zero-order valence-electron chi connectivity index (χ0n) is 26.6. The van der Waals surface area contributed by atoms with E-state index in [1.165, 1.54) is 121 Å². The van der Waals surface area contributed by atoms with Gasteiger partial charge in [0.25, 0.3) is 10.0 Å². The van der Waals surface area contributed by atoms with Gasteiger partial charge in [0.05, 0.1) is 4.90 Å². The molecule has 2 N–H and O–H groups in total. The molecule has 8 heteroatoms. The monoisotopic (exact) mass is 600 g/mol. The Morgan fingerprint density at radius 2 is 1.05 bits per heavy atom. The first kappa shape index (κ1) is 35.7. The first-order valence-electron chi connectivity index (χ1n) is 16.5. The van der Waals surface area contributed by atoms with Crippen LogP contribution in [0.3, 0.4) is 0 Å². The summed E-state index contributed by atoms with van der Waals surface area (Å²) in [4.78, 5) is 20.7. The minimum absolute atomic E-state index is 0.0423. The van der Waals surface area contributed by atoms with E-state index < -0.39 is 10.0 Å².